The van der Waals surface area contributed by atoms with E-state index in [-0.39, 0.29) is 16.9 Å². The summed E-state index contributed by atoms with van der Waals surface area (Å²) in [4.78, 5) is 25.3. The number of ether oxygens (including phenoxy) is 1. The fraction of sp³-hybridized carbons (Fsp3) is 0.368. The van der Waals surface area contributed by atoms with Crippen LogP contribution in [0.4, 0.5) is 5.00 Å². The Labute approximate surface area is 150 Å². The van der Waals surface area contributed by atoms with Crippen LogP contribution in [0.3, 0.4) is 0 Å². The van der Waals surface area contributed by atoms with E-state index in [1.54, 1.807) is 31.4 Å². The number of hydrogen-bond acceptors (Lipinski definition) is 4. The van der Waals surface area contributed by atoms with Gasteiger partial charge in [-0.3, -0.25) is 4.79 Å². The van der Waals surface area contributed by atoms with E-state index in [1.165, 1.54) is 11.3 Å². The first-order valence-electron chi connectivity index (χ1n) is 8.14. The van der Waals surface area contributed by atoms with Crippen LogP contribution >= 0.6 is 11.3 Å². The molecule has 0 saturated carbocycles. The van der Waals surface area contributed by atoms with Gasteiger partial charge in [-0.2, -0.15) is 0 Å². The molecular weight excluding hydrogens is 338 g/mol. The van der Waals surface area contributed by atoms with Gasteiger partial charge in [0.2, 0.25) is 0 Å². The van der Waals surface area contributed by atoms with Crippen LogP contribution in [0.2, 0.25) is 0 Å². The van der Waals surface area contributed by atoms with Crippen LogP contribution in [-0.4, -0.2) is 24.1 Å². The molecule has 0 bridgehead atoms. The quantitative estimate of drug-likeness (QED) is 0.857. The number of aromatic carboxylic acids is 1. The molecule has 0 unspecified atom stereocenters. The lowest BCUT2D eigenvalue weighted by atomic mass is 9.77. The minimum absolute atomic E-state index is 0.158. The number of carboxylic acids is 1. The van der Waals surface area contributed by atoms with Crippen molar-refractivity contribution in [1.82, 2.24) is 0 Å². The second-order valence-corrected chi connectivity index (χ2v) is 8.14. The molecule has 5 nitrogen and oxygen atoms in total. The molecule has 6 heteroatoms. The van der Waals surface area contributed by atoms with Crippen LogP contribution in [0, 0.1) is 5.41 Å². The Morgan fingerprint density at radius 3 is 2.52 bits per heavy atom. The Hall–Kier alpha value is -2.34. The van der Waals surface area contributed by atoms with E-state index >= 15 is 0 Å². The van der Waals surface area contributed by atoms with Crippen molar-refractivity contribution in [2.24, 2.45) is 5.41 Å². The molecule has 0 aliphatic heterocycles. The Morgan fingerprint density at radius 2 is 1.92 bits per heavy atom. The highest BCUT2D eigenvalue weighted by Crippen LogP contribution is 2.43. The lowest BCUT2D eigenvalue weighted by molar-refractivity contribution is 0.0696. The van der Waals surface area contributed by atoms with Crippen molar-refractivity contribution in [1.29, 1.82) is 0 Å². The zero-order valence-corrected chi connectivity index (χ0v) is 15.3. The third-order valence-corrected chi connectivity index (χ3v) is 5.72. The molecule has 1 aromatic carbocycles. The summed E-state index contributed by atoms with van der Waals surface area (Å²) in [6.07, 6.45) is 2.52. The topological polar surface area (TPSA) is 75.6 Å². The number of thiophene rings is 1. The van der Waals surface area contributed by atoms with Crippen LogP contribution in [0.5, 0.6) is 5.75 Å². The molecule has 1 aliphatic carbocycles. The normalized spacial score (nSPS) is 15.3. The number of carbonyl (C=O) groups is 2. The molecule has 1 amide bonds. The first kappa shape index (κ1) is 17.5. The zero-order chi connectivity index (χ0) is 18.2. The number of hydrogen-bond donors (Lipinski definition) is 2. The first-order chi connectivity index (χ1) is 11.8. The van der Waals surface area contributed by atoms with Crippen molar-refractivity contribution in [3.8, 4) is 5.75 Å². The maximum absolute atomic E-state index is 12.5. The van der Waals surface area contributed by atoms with E-state index in [1.807, 2.05) is 0 Å². The van der Waals surface area contributed by atoms with Gasteiger partial charge in [0.1, 0.15) is 10.8 Å². The zero-order valence-electron chi connectivity index (χ0n) is 14.5. The molecular formula is C19H21NO4S. The van der Waals surface area contributed by atoms with Crippen LogP contribution in [0.1, 0.15) is 51.4 Å². The number of carbonyl (C=O) groups excluding carboxylic acids is 1. The van der Waals surface area contributed by atoms with E-state index < -0.39 is 5.97 Å². The molecule has 1 aromatic heterocycles. The van der Waals surface area contributed by atoms with Gasteiger partial charge in [-0.25, -0.2) is 4.79 Å². The molecule has 0 fully saturated rings. The van der Waals surface area contributed by atoms with E-state index in [0.717, 1.165) is 29.7 Å². The van der Waals surface area contributed by atoms with Gasteiger partial charge in [0.25, 0.3) is 5.91 Å². The number of carboxylic acid groups (broad SMARTS) is 1. The van der Waals surface area contributed by atoms with Crippen molar-refractivity contribution in [3.05, 3.63) is 45.8 Å². The lowest BCUT2D eigenvalue weighted by Gasteiger charge is -2.29. The number of fused-ring (bicyclic) bond motifs is 1. The SMILES string of the molecule is COc1ccc(C(=O)Nc2sc3c(c2C(=O)O)CCC(C)(C)C3)cc1. The van der Waals surface area contributed by atoms with E-state index in [9.17, 15) is 14.7 Å². The highest BCUT2D eigenvalue weighted by molar-refractivity contribution is 7.17. The molecule has 2 N–H and O–H groups in total. The third kappa shape index (κ3) is 3.54. The van der Waals surface area contributed by atoms with Gasteiger partial charge in [-0.1, -0.05) is 13.8 Å². The Morgan fingerprint density at radius 1 is 1.24 bits per heavy atom. The average Bonchev–Trinajstić information content (AvgIpc) is 2.90. The summed E-state index contributed by atoms with van der Waals surface area (Å²) in [7, 11) is 1.56. The molecule has 2 aromatic rings. The molecule has 25 heavy (non-hydrogen) atoms. The second kappa shape index (κ2) is 6.52. The van der Waals surface area contributed by atoms with Gasteiger partial charge < -0.3 is 15.2 Å². The van der Waals surface area contributed by atoms with E-state index in [2.05, 4.69) is 19.2 Å². The van der Waals surface area contributed by atoms with Gasteiger partial charge in [0.15, 0.2) is 0 Å². The molecule has 1 heterocycles. The van der Waals surface area contributed by atoms with Gasteiger partial charge in [0, 0.05) is 10.4 Å². The largest absolute Gasteiger partial charge is 0.497 e. The number of nitrogens with one attached hydrogen (secondary N) is 1. The summed E-state index contributed by atoms with van der Waals surface area (Å²) < 4.78 is 5.08. The van der Waals surface area contributed by atoms with Gasteiger partial charge in [0.05, 0.1) is 12.7 Å². The maximum atomic E-state index is 12.5. The monoisotopic (exact) mass is 359 g/mol. The molecule has 1 aliphatic rings. The molecule has 0 atom stereocenters. The summed E-state index contributed by atoms with van der Waals surface area (Å²) in [6.45, 7) is 4.37. The predicted octanol–water partition coefficient (Wildman–Crippen LogP) is 4.22. The number of methoxy groups -OCH3 is 1. The maximum Gasteiger partial charge on any atom is 0.339 e. The number of benzene rings is 1. The van der Waals surface area contributed by atoms with Gasteiger partial charge in [-0.15, -0.1) is 11.3 Å². The Bertz CT molecular complexity index is 821. The predicted molar refractivity (Wildman–Crippen MR) is 98.0 cm³/mol. The molecule has 0 spiro atoms. The molecule has 132 valence electrons. The Balaban J connectivity index is 1.90. The van der Waals surface area contributed by atoms with E-state index in [0.29, 0.717) is 16.3 Å². The van der Waals surface area contributed by atoms with Crippen molar-refractivity contribution in [2.75, 3.05) is 12.4 Å². The van der Waals surface area contributed by atoms with Gasteiger partial charge in [-0.05, 0) is 54.5 Å². The average molecular weight is 359 g/mol. The number of amides is 1. The highest BCUT2D eigenvalue weighted by atomic mass is 32.1. The van der Waals surface area contributed by atoms with Crippen molar-refractivity contribution in [2.45, 2.75) is 33.1 Å². The first-order valence-corrected chi connectivity index (χ1v) is 8.95. The second-order valence-electron chi connectivity index (χ2n) is 7.04. The molecule has 0 radical (unpaired) electrons. The van der Waals surface area contributed by atoms with Crippen molar-refractivity contribution in [3.63, 3.8) is 0 Å². The van der Waals surface area contributed by atoms with Crippen LogP contribution < -0.4 is 10.1 Å². The summed E-state index contributed by atoms with van der Waals surface area (Å²) in [6, 6.07) is 6.72. The summed E-state index contributed by atoms with van der Waals surface area (Å²) >= 11 is 1.39. The smallest absolute Gasteiger partial charge is 0.339 e. The van der Waals surface area contributed by atoms with E-state index in [4.69, 9.17) is 4.74 Å². The fourth-order valence-corrected chi connectivity index (χ4v) is 4.63. The Kier molecular flexibility index (Phi) is 4.56. The summed E-state index contributed by atoms with van der Waals surface area (Å²) in [5.74, 6) is -0.637. The number of anilines is 1. The fourth-order valence-electron chi connectivity index (χ4n) is 3.14. The van der Waals surface area contributed by atoms with Gasteiger partial charge >= 0.3 is 5.97 Å². The van der Waals surface area contributed by atoms with Crippen LogP contribution in [0.25, 0.3) is 0 Å². The van der Waals surface area contributed by atoms with Crippen molar-refractivity contribution < 1.29 is 19.4 Å². The summed E-state index contributed by atoms with van der Waals surface area (Å²) in [5, 5.41) is 12.8. The standard InChI is InChI=1S/C19H21NO4S/c1-19(2)9-8-13-14(10-19)25-17(15(13)18(22)23)20-16(21)11-4-6-12(24-3)7-5-11/h4-7H,8-10H2,1-3H3,(H,20,21)(H,22,23). The summed E-state index contributed by atoms with van der Waals surface area (Å²) in [5.41, 5.74) is 1.74. The molecule has 0 saturated heterocycles. The third-order valence-electron chi connectivity index (χ3n) is 4.57. The van der Waals surface area contributed by atoms with Crippen LogP contribution in [0.15, 0.2) is 24.3 Å². The van der Waals surface area contributed by atoms with Crippen LogP contribution in [-0.2, 0) is 12.8 Å². The minimum atomic E-state index is -0.984. The number of rotatable bonds is 4. The van der Waals surface area contributed by atoms with Crippen molar-refractivity contribution >= 4 is 28.2 Å². The molecule has 3 rings (SSSR count). The minimum Gasteiger partial charge on any atom is -0.497 e. The lowest BCUT2D eigenvalue weighted by Crippen LogP contribution is -2.21. The highest BCUT2D eigenvalue weighted by Gasteiger charge is 2.32.